The minimum absolute atomic E-state index is 0.289. The Bertz CT molecular complexity index is 549. The van der Waals surface area contributed by atoms with Gasteiger partial charge < -0.3 is 26.7 Å². The molecule has 0 aliphatic carbocycles. The van der Waals surface area contributed by atoms with Crippen LogP contribution in [0.2, 0.25) is 0 Å². The molecule has 1 aromatic carbocycles. The number of esters is 3. The third-order valence-electron chi connectivity index (χ3n) is 3.06. The molecule has 1 rings (SSSR count). The van der Waals surface area contributed by atoms with Crippen LogP contribution in [-0.2, 0) is 30.3 Å². The van der Waals surface area contributed by atoms with Gasteiger partial charge in [-0.3, -0.25) is 9.59 Å². The number of hydrogen-bond acceptors (Lipinski definition) is 8. The molecule has 23 heavy (non-hydrogen) atoms. The van der Waals surface area contributed by atoms with E-state index in [-0.39, 0.29) is 6.42 Å². The molecule has 0 unspecified atom stereocenters. The second-order valence-corrected chi connectivity index (χ2v) is 4.96. The molecule has 0 fully saturated rings. The van der Waals surface area contributed by atoms with Crippen LogP contribution in [0.15, 0.2) is 30.3 Å². The summed E-state index contributed by atoms with van der Waals surface area (Å²) >= 11 is 0. The van der Waals surface area contributed by atoms with Gasteiger partial charge in [-0.25, -0.2) is 4.79 Å². The number of hydrogen-bond donors (Lipinski definition) is 3. The molecule has 0 bridgehead atoms. The normalized spacial score (nSPS) is 14.4. The lowest BCUT2D eigenvalue weighted by Gasteiger charge is -2.20. The van der Waals surface area contributed by atoms with Crippen LogP contribution in [0.3, 0.4) is 0 Å². The van der Waals surface area contributed by atoms with Crippen LogP contribution in [-0.4, -0.2) is 42.6 Å². The quantitative estimate of drug-likeness (QED) is 0.420. The third kappa shape index (κ3) is 6.15. The van der Waals surface area contributed by atoms with E-state index in [9.17, 15) is 14.4 Å². The minimum atomic E-state index is -1.31. The van der Waals surface area contributed by atoms with Gasteiger partial charge in [0.1, 0.15) is 18.2 Å². The van der Waals surface area contributed by atoms with Gasteiger partial charge in [0.2, 0.25) is 0 Å². The average molecular weight is 323 g/mol. The van der Waals surface area contributed by atoms with E-state index in [1.165, 1.54) is 6.92 Å². The molecule has 0 aliphatic heterocycles. The molecule has 0 spiro atoms. The molecule has 0 aromatic heterocycles. The van der Waals surface area contributed by atoms with Crippen molar-refractivity contribution in [3.63, 3.8) is 0 Å². The maximum Gasteiger partial charge on any atom is 0.334 e. The Hall–Kier alpha value is -2.29. The van der Waals surface area contributed by atoms with Gasteiger partial charge in [-0.1, -0.05) is 30.3 Å². The van der Waals surface area contributed by atoms with Crippen LogP contribution in [0, 0.1) is 0 Å². The van der Waals surface area contributed by atoms with Crippen LogP contribution in [0.25, 0.3) is 0 Å². The summed E-state index contributed by atoms with van der Waals surface area (Å²) in [6.07, 6.45) is -0.708. The van der Waals surface area contributed by atoms with Crippen molar-refractivity contribution in [1.29, 1.82) is 0 Å². The number of rotatable bonds is 7. The first-order chi connectivity index (χ1) is 10.8. The van der Waals surface area contributed by atoms with Gasteiger partial charge >= 0.3 is 17.9 Å². The molecule has 6 N–H and O–H groups in total. The topological polar surface area (TPSA) is 148 Å². The van der Waals surface area contributed by atoms with E-state index in [2.05, 4.69) is 4.74 Å². The Morgan fingerprint density at radius 3 is 2.26 bits per heavy atom. The van der Waals surface area contributed by atoms with E-state index in [0.717, 1.165) is 5.56 Å². The second-order valence-electron chi connectivity index (χ2n) is 4.96. The fourth-order valence-electron chi connectivity index (χ4n) is 1.71. The standard InChI is InChI=1S/C15H21N3O5/c1-9(13(18)15(21)23-12(19)8-16)22-14(20)11(17)7-10-5-3-2-4-6-10/h2-6,9,11,13H,7-8,16-18H2,1H3/t9-,11+,13+/m1/s1. The summed E-state index contributed by atoms with van der Waals surface area (Å²) in [4.78, 5) is 34.4. The van der Waals surface area contributed by atoms with Crippen molar-refractivity contribution >= 4 is 17.9 Å². The van der Waals surface area contributed by atoms with Gasteiger partial charge in [0.25, 0.3) is 0 Å². The first-order valence-electron chi connectivity index (χ1n) is 7.05. The Morgan fingerprint density at radius 1 is 1.09 bits per heavy atom. The number of nitrogens with two attached hydrogens (primary N) is 3. The minimum Gasteiger partial charge on any atom is -0.459 e. The second kappa shape index (κ2) is 8.99. The van der Waals surface area contributed by atoms with E-state index in [1.807, 2.05) is 30.3 Å². The van der Waals surface area contributed by atoms with E-state index < -0.39 is 42.6 Å². The highest BCUT2D eigenvalue weighted by molar-refractivity contribution is 5.89. The molecule has 1 aromatic rings. The summed E-state index contributed by atoms with van der Waals surface area (Å²) < 4.78 is 9.42. The molecule has 8 heteroatoms. The zero-order valence-corrected chi connectivity index (χ0v) is 12.8. The number of carbonyl (C=O) groups excluding carboxylic acids is 3. The van der Waals surface area contributed by atoms with E-state index in [4.69, 9.17) is 21.9 Å². The molecule has 0 aliphatic rings. The smallest absolute Gasteiger partial charge is 0.334 e. The third-order valence-corrected chi connectivity index (χ3v) is 3.06. The highest BCUT2D eigenvalue weighted by Gasteiger charge is 2.28. The van der Waals surface area contributed by atoms with E-state index in [0.29, 0.717) is 0 Å². The lowest BCUT2D eigenvalue weighted by Crippen LogP contribution is -2.47. The Morgan fingerprint density at radius 2 is 1.70 bits per heavy atom. The van der Waals surface area contributed by atoms with Gasteiger partial charge in [0, 0.05) is 0 Å². The van der Waals surface area contributed by atoms with Crippen LogP contribution >= 0.6 is 0 Å². The van der Waals surface area contributed by atoms with Crippen LogP contribution in [0.5, 0.6) is 0 Å². The monoisotopic (exact) mass is 323 g/mol. The molecule has 0 amide bonds. The van der Waals surface area contributed by atoms with E-state index in [1.54, 1.807) is 0 Å². The fourth-order valence-corrected chi connectivity index (χ4v) is 1.71. The lowest BCUT2D eigenvalue weighted by molar-refractivity contribution is -0.163. The molecular weight excluding hydrogens is 302 g/mol. The molecule has 0 heterocycles. The Labute approximate surface area is 133 Å². The molecular formula is C15H21N3O5. The summed E-state index contributed by atoms with van der Waals surface area (Å²) in [7, 11) is 0. The number of benzene rings is 1. The van der Waals surface area contributed by atoms with Crippen LogP contribution in [0.1, 0.15) is 12.5 Å². The van der Waals surface area contributed by atoms with Crippen molar-refractivity contribution in [3.05, 3.63) is 35.9 Å². The highest BCUT2D eigenvalue weighted by atomic mass is 16.6. The summed E-state index contributed by atoms with van der Waals surface area (Å²) in [5.41, 5.74) is 17.3. The van der Waals surface area contributed by atoms with Crippen LogP contribution in [0.4, 0.5) is 0 Å². The largest absolute Gasteiger partial charge is 0.459 e. The van der Waals surface area contributed by atoms with Gasteiger partial charge in [-0.2, -0.15) is 0 Å². The maximum atomic E-state index is 11.9. The van der Waals surface area contributed by atoms with Gasteiger partial charge in [0.05, 0.1) is 6.54 Å². The molecule has 0 saturated heterocycles. The first-order valence-corrected chi connectivity index (χ1v) is 7.05. The SMILES string of the molecule is C[C@@H](OC(=O)[C@@H](N)Cc1ccccc1)[C@H](N)C(=O)OC(=O)CN. The summed E-state index contributed by atoms with van der Waals surface area (Å²) in [6, 6.07) is 6.97. The maximum absolute atomic E-state index is 11.9. The molecule has 8 nitrogen and oxygen atoms in total. The van der Waals surface area contributed by atoms with Crippen molar-refractivity contribution in [2.75, 3.05) is 6.54 Å². The first kappa shape index (κ1) is 18.8. The zero-order valence-electron chi connectivity index (χ0n) is 12.8. The van der Waals surface area contributed by atoms with Crippen molar-refractivity contribution < 1.29 is 23.9 Å². The van der Waals surface area contributed by atoms with Crippen molar-refractivity contribution in [1.82, 2.24) is 0 Å². The molecule has 126 valence electrons. The van der Waals surface area contributed by atoms with Crippen molar-refractivity contribution in [2.24, 2.45) is 17.2 Å². The summed E-state index contributed by atoms with van der Waals surface area (Å²) in [5.74, 6) is -2.63. The Kier molecular flexibility index (Phi) is 7.33. The van der Waals surface area contributed by atoms with Gasteiger partial charge in [0.15, 0.2) is 0 Å². The van der Waals surface area contributed by atoms with E-state index >= 15 is 0 Å². The average Bonchev–Trinajstić information content (AvgIpc) is 2.54. The van der Waals surface area contributed by atoms with Crippen molar-refractivity contribution in [2.45, 2.75) is 31.5 Å². The molecule has 0 radical (unpaired) electrons. The van der Waals surface area contributed by atoms with Gasteiger partial charge in [-0.05, 0) is 18.9 Å². The predicted octanol–water partition coefficient (Wildman–Crippen LogP) is -1.16. The highest BCUT2D eigenvalue weighted by Crippen LogP contribution is 2.06. The zero-order chi connectivity index (χ0) is 17.4. The molecule has 3 atom stereocenters. The van der Waals surface area contributed by atoms with Crippen LogP contribution < -0.4 is 17.2 Å². The lowest BCUT2D eigenvalue weighted by atomic mass is 10.1. The molecule has 0 saturated carbocycles. The number of ether oxygens (including phenoxy) is 2. The van der Waals surface area contributed by atoms with Gasteiger partial charge in [-0.15, -0.1) is 0 Å². The number of carbonyl (C=O) groups is 3. The summed E-state index contributed by atoms with van der Waals surface area (Å²) in [5, 5.41) is 0. The predicted molar refractivity (Wildman–Crippen MR) is 81.8 cm³/mol. The Balaban J connectivity index is 2.51. The fraction of sp³-hybridized carbons (Fsp3) is 0.400. The van der Waals surface area contributed by atoms with Crippen molar-refractivity contribution in [3.8, 4) is 0 Å². The summed E-state index contributed by atoms with van der Waals surface area (Å²) in [6.45, 7) is 0.959.